The third-order valence-electron chi connectivity index (χ3n) is 3.55. The lowest BCUT2D eigenvalue weighted by Gasteiger charge is -2.05. The van der Waals surface area contributed by atoms with E-state index >= 15 is 0 Å². The second-order valence-corrected chi connectivity index (χ2v) is 11.2. The van der Waals surface area contributed by atoms with Gasteiger partial charge in [0.25, 0.3) is 10.0 Å². The van der Waals surface area contributed by atoms with Crippen molar-refractivity contribution < 1.29 is 21.6 Å². The predicted octanol–water partition coefficient (Wildman–Crippen LogP) is 2.10. The summed E-state index contributed by atoms with van der Waals surface area (Å²) >= 11 is 2.23. The van der Waals surface area contributed by atoms with Gasteiger partial charge in [0.2, 0.25) is 4.80 Å². The summed E-state index contributed by atoms with van der Waals surface area (Å²) in [6, 6.07) is 7.85. The number of benzene rings is 1. The fourth-order valence-corrected chi connectivity index (χ4v) is 6.30. The zero-order valence-electron chi connectivity index (χ0n) is 13.9. The molecule has 3 rings (SSSR count). The van der Waals surface area contributed by atoms with Crippen LogP contribution in [-0.4, -0.2) is 41.4 Å². The molecule has 2 heterocycles. The molecular weight excluding hydrogens is 416 g/mol. The molecule has 0 radical (unpaired) electrons. The van der Waals surface area contributed by atoms with Gasteiger partial charge in [-0.2, -0.15) is 8.42 Å². The van der Waals surface area contributed by atoms with Gasteiger partial charge in [-0.15, -0.1) is 15.7 Å². The van der Waals surface area contributed by atoms with E-state index in [-0.39, 0.29) is 13.9 Å². The first kappa shape index (κ1) is 19.2. The summed E-state index contributed by atoms with van der Waals surface area (Å²) in [4.78, 5) is 0.453. The second kappa shape index (κ2) is 7.24. The van der Waals surface area contributed by atoms with Crippen LogP contribution in [0.3, 0.4) is 0 Å². The molecule has 0 saturated carbocycles. The third kappa shape index (κ3) is 3.91. The first-order chi connectivity index (χ1) is 12.2. The summed E-state index contributed by atoms with van der Waals surface area (Å²) in [5, 5.41) is 1.67. The lowest BCUT2D eigenvalue weighted by Crippen LogP contribution is -2.19. The summed E-state index contributed by atoms with van der Waals surface area (Å²) in [6.07, 6.45) is 1.13. The van der Waals surface area contributed by atoms with Crippen molar-refractivity contribution in [1.82, 2.24) is 4.57 Å². The monoisotopic (exact) mass is 432 g/mol. The summed E-state index contributed by atoms with van der Waals surface area (Å²) < 4.78 is 60.2. The van der Waals surface area contributed by atoms with Gasteiger partial charge in [-0.25, -0.2) is 8.42 Å². The maximum absolute atomic E-state index is 12.5. The standard InChI is InChI=1S/C15H16N2O5S4/c1-22-8-7-17-12-6-5-11(25(2,18)19)10-13(12)24-15(17)16-26(20,21)14-4-3-9-23-14/h3-6,9-10H,7-8H2,1-2H3/b16-15-. The van der Waals surface area contributed by atoms with Crippen LogP contribution in [0.5, 0.6) is 0 Å². The van der Waals surface area contributed by atoms with Crippen molar-refractivity contribution in [2.45, 2.75) is 15.6 Å². The molecule has 0 aliphatic rings. The lowest BCUT2D eigenvalue weighted by atomic mass is 10.3. The fourth-order valence-electron chi connectivity index (χ4n) is 2.31. The van der Waals surface area contributed by atoms with Gasteiger partial charge in [0.1, 0.15) is 4.21 Å². The topological polar surface area (TPSA) is 94.8 Å². The van der Waals surface area contributed by atoms with Crippen LogP contribution in [0.4, 0.5) is 0 Å². The summed E-state index contributed by atoms with van der Waals surface area (Å²) in [5.74, 6) is 0. The summed E-state index contributed by atoms with van der Waals surface area (Å²) in [6.45, 7) is 0.763. The minimum absolute atomic E-state index is 0.157. The average Bonchev–Trinajstić information content (AvgIpc) is 3.19. The van der Waals surface area contributed by atoms with Crippen LogP contribution < -0.4 is 4.80 Å². The molecule has 1 aromatic carbocycles. The number of hydrogen-bond donors (Lipinski definition) is 0. The number of fused-ring (bicyclic) bond motifs is 1. The van der Waals surface area contributed by atoms with Gasteiger partial charge in [-0.1, -0.05) is 17.4 Å². The lowest BCUT2D eigenvalue weighted by molar-refractivity contribution is 0.187. The number of aromatic nitrogens is 1. The van der Waals surface area contributed by atoms with E-state index in [2.05, 4.69) is 4.40 Å². The molecule has 11 heteroatoms. The first-order valence-electron chi connectivity index (χ1n) is 7.39. The molecule has 0 N–H and O–H groups in total. The van der Waals surface area contributed by atoms with Gasteiger partial charge in [0, 0.05) is 19.9 Å². The van der Waals surface area contributed by atoms with E-state index in [0.29, 0.717) is 23.4 Å². The van der Waals surface area contributed by atoms with Gasteiger partial charge in [-0.3, -0.25) is 0 Å². The zero-order chi connectivity index (χ0) is 18.9. The molecule has 3 aromatic rings. The highest BCUT2D eigenvalue weighted by atomic mass is 32.2. The largest absolute Gasteiger partial charge is 0.383 e. The Kier molecular flexibility index (Phi) is 5.35. The molecule has 0 saturated heterocycles. The predicted molar refractivity (Wildman–Crippen MR) is 102 cm³/mol. The zero-order valence-corrected chi connectivity index (χ0v) is 17.2. The minimum atomic E-state index is -3.83. The Hall–Kier alpha value is -1.53. The molecule has 0 aliphatic heterocycles. The Labute approximate surface area is 159 Å². The molecule has 0 fully saturated rings. The Morgan fingerprint density at radius 2 is 1.96 bits per heavy atom. The van der Waals surface area contributed by atoms with Crippen molar-refractivity contribution in [1.29, 1.82) is 0 Å². The third-order valence-corrected chi connectivity index (χ3v) is 8.46. The van der Waals surface area contributed by atoms with Crippen LogP contribution in [0.25, 0.3) is 10.2 Å². The SMILES string of the molecule is COCCn1/c(=N/S(=O)(=O)c2cccs2)sc2cc(S(C)(=O)=O)ccc21. The summed E-state index contributed by atoms with van der Waals surface area (Å²) in [7, 11) is -5.64. The molecule has 0 atom stereocenters. The number of nitrogens with zero attached hydrogens (tertiary/aromatic N) is 2. The highest BCUT2D eigenvalue weighted by Crippen LogP contribution is 2.23. The van der Waals surface area contributed by atoms with E-state index in [1.165, 1.54) is 18.2 Å². The van der Waals surface area contributed by atoms with E-state index in [0.717, 1.165) is 28.9 Å². The van der Waals surface area contributed by atoms with Crippen LogP contribution in [0.1, 0.15) is 0 Å². The molecule has 7 nitrogen and oxygen atoms in total. The van der Waals surface area contributed by atoms with Crippen molar-refractivity contribution >= 4 is 52.8 Å². The van der Waals surface area contributed by atoms with E-state index in [4.69, 9.17) is 4.74 Å². The Morgan fingerprint density at radius 1 is 1.19 bits per heavy atom. The number of thiophene rings is 1. The van der Waals surface area contributed by atoms with E-state index < -0.39 is 19.9 Å². The molecule has 0 spiro atoms. The quantitative estimate of drug-likeness (QED) is 0.594. The van der Waals surface area contributed by atoms with Crippen LogP contribution in [0, 0.1) is 0 Å². The van der Waals surface area contributed by atoms with E-state index in [9.17, 15) is 16.8 Å². The average molecular weight is 433 g/mol. The van der Waals surface area contributed by atoms with Gasteiger partial charge >= 0.3 is 0 Å². The molecule has 0 bridgehead atoms. The molecule has 0 amide bonds. The van der Waals surface area contributed by atoms with Crippen molar-refractivity contribution in [3.05, 3.63) is 40.5 Å². The molecule has 0 aliphatic carbocycles. The van der Waals surface area contributed by atoms with Crippen LogP contribution in [0.15, 0.2) is 49.2 Å². The van der Waals surface area contributed by atoms with Crippen molar-refractivity contribution in [3.63, 3.8) is 0 Å². The fraction of sp³-hybridized carbons (Fsp3) is 0.267. The number of methoxy groups -OCH3 is 1. The van der Waals surface area contributed by atoms with Gasteiger partial charge in [0.15, 0.2) is 9.84 Å². The Balaban J connectivity index is 2.25. The normalized spacial score (nSPS) is 13.5. The van der Waals surface area contributed by atoms with E-state index in [1.807, 2.05) is 0 Å². The minimum Gasteiger partial charge on any atom is -0.383 e. The number of rotatable bonds is 6. The molecule has 0 unspecified atom stereocenters. The number of sulfone groups is 1. The smallest absolute Gasteiger partial charge is 0.294 e. The molecule has 2 aromatic heterocycles. The van der Waals surface area contributed by atoms with Crippen molar-refractivity contribution in [2.24, 2.45) is 4.40 Å². The number of ether oxygens (including phenoxy) is 1. The maximum atomic E-state index is 12.5. The van der Waals surface area contributed by atoms with Crippen LogP contribution in [-0.2, 0) is 31.1 Å². The molecule has 140 valence electrons. The second-order valence-electron chi connectivity index (χ2n) is 5.43. The highest BCUT2D eigenvalue weighted by molar-refractivity contribution is 7.92. The number of hydrogen-bond acceptors (Lipinski definition) is 7. The Bertz CT molecular complexity index is 1200. The van der Waals surface area contributed by atoms with Gasteiger partial charge in [-0.05, 0) is 29.6 Å². The Morgan fingerprint density at radius 3 is 2.58 bits per heavy atom. The first-order valence-corrected chi connectivity index (χ1v) is 12.4. The van der Waals surface area contributed by atoms with Crippen molar-refractivity contribution in [2.75, 3.05) is 20.0 Å². The van der Waals surface area contributed by atoms with E-state index in [1.54, 1.807) is 29.2 Å². The maximum Gasteiger partial charge on any atom is 0.294 e. The van der Waals surface area contributed by atoms with Gasteiger partial charge in [0.05, 0.1) is 21.7 Å². The molecular formula is C15H16N2O5S4. The summed E-state index contributed by atoms with van der Waals surface area (Å²) in [5.41, 5.74) is 0.708. The number of sulfonamides is 1. The van der Waals surface area contributed by atoms with Crippen molar-refractivity contribution in [3.8, 4) is 0 Å². The van der Waals surface area contributed by atoms with Crippen LogP contribution >= 0.6 is 22.7 Å². The highest BCUT2D eigenvalue weighted by Gasteiger charge is 2.17. The molecule has 26 heavy (non-hydrogen) atoms. The van der Waals surface area contributed by atoms with Crippen LogP contribution in [0.2, 0.25) is 0 Å². The van der Waals surface area contributed by atoms with Gasteiger partial charge < -0.3 is 9.30 Å². The number of thiazole rings is 1.